The van der Waals surface area contributed by atoms with Crippen LogP contribution in [0.25, 0.3) is 0 Å². The molecule has 1 fully saturated rings. The van der Waals surface area contributed by atoms with Gasteiger partial charge in [-0.05, 0) is 17.7 Å². The van der Waals surface area contributed by atoms with Crippen molar-refractivity contribution >= 4 is 0 Å². The minimum absolute atomic E-state index is 0.616. The third-order valence-electron chi connectivity index (χ3n) is 3.24. The summed E-state index contributed by atoms with van der Waals surface area (Å²) in [6.07, 6.45) is 0. The summed E-state index contributed by atoms with van der Waals surface area (Å²) >= 11 is 0. The molecular weight excluding hydrogens is 260 g/mol. The molecule has 6 nitrogen and oxygen atoms in total. The maximum atomic E-state index is 5.34. The number of hydrogen-bond acceptors (Lipinski definition) is 6. The molecule has 0 radical (unpaired) electrons. The molecule has 2 rings (SSSR count). The fourth-order valence-electron chi connectivity index (χ4n) is 2.16. The second-order valence-electron chi connectivity index (χ2n) is 4.47. The summed E-state index contributed by atoms with van der Waals surface area (Å²) in [6, 6.07) is 3.91. The quantitative estimate of drug-likeness (QED) is 0.841. The fourth-order valence-corrected chi connectivity index (χ4v) is 2.16. The van der Waals surface area contributed by atoms with Crippen LogP contribution in [0.4, 0.5) is 0 Å². The van der Waals surface area contributed by atoms with Gasteiger partial charge in [-0.15, -0.1) is 0 Å². The largest absolute Gasteiger partial charge is 0.493 e. The van der Waals surface area contributed by atoms with Crippen molar-refractivity contribution in [2.24, 2.45) is 0 Å². The lowest BCUT2D eigenvalue weighted by Crippen LogP contribution is -2.45. The van der Waals surface area contributed by atoms with Crippen LogP contribution in [-0.2, 0) is 11.3 Å². The highest BCUT2D eigenvalue weighted by Gasteiger charge is 2.14. The van der Waals surface area contributed by atoms with Gasteiger partial charge in [-0.2, -0.15) is 0 Å². The van der Waals surface area contributed by atoms with Crippen LogP contribution in [0.15, 0.2) is 12.1 Å². The Morgan fingerprint density at radius 3 is 2.15 bits per heavy atom. The van der Waals surface area contributed by atoms with E-state index in [1.807, 2.05) is 12.1 Å². The molecule has 1 saturated heterocycles. The fraction of sp³-hybridized carbons (Fsp3) is 0.571. The van der Waals surface area contributed by atoms with Crippen LogP contribution in [0.5, 0.6) is 17.2 Å². The summed E-state index contributed by atoms with van der Waals surface area (Å²) in [5.74, 6) is 1.96. The van der Waals surface area contributed by atoms with E-state index in [0.717, 1.165) is 31.9 Å². The molecule has 0 bridgehead atoms. The number of hydrazine groups is 1. The molecule has 20 heavy (non-hydrogen) atoms. The van der Waals surface area contributed by atoms with E-state index in [-0.39, 0.29) is 0 Å². The predicted molar refractivity (Wildman–Crippen MR) is 75.3 cm³/mol. The van der Waals surface area contributed by atoms with Gasteiger partial charge in [-0.3, -0.25) is 5.43 Å². The molecule has 1 N–H and O–H groups in total. The van der Waals surface area contributed by atoms with Crippen molar-refractivity contribution in [2.75, 3.05) is 47.6 Å². The number of benzene rings is 1. The zero-order valence-electron chi connectivity index (χ0n) is 12.3. The standard InChI is InChI=1S/C14H22N2O4/c1-17-12-8-11(9-13(18-2)14(12)19-3)10-15-16-4-6-20-7-5-16/h8-9,15H,4-7,10H2,1-3H3. The van der Waals surface area contributed by atoms with Gasteiger partial charge in [0.2, 0.25) is 5.75 Å². The van der Waals surface area contributed by atoms with Crippen LogP contribution in [-0.4, -0.2) is 52.6 Å². The highest BCUT2D eigenvalue weighted by molar-refractivity contribution is 5.53. The molecule has 0 atom stereocenters. The monoisotopic (exact) mass is 282 g/mol. The first-order valence-corrected chi connectivity index (χ1v) is 6.63. The van der Waals surface area contributed by atoms with Crippen molar-refractivity contribution in [3.63, 3.8) is 0 Å². The Hall–Kier alpha value is -1.50. The molecule has 0 amide bonds. The van der Waals surface area contributed by atoms with Crippen LogP contribution in [0, 0.1) is 0 Å². The van der Waals surface area contributed by atoms with E-state index < -0.39 is 0 Å². The minimum atomic E-state index is 0.616. The summed E-state index contributed by atoms with van der Waals surface area (Å²) in [7, 11) is 4.85. The molecule has 1 aliphatic rings. The summed E-state index contributed by atoms with van der Waals surface area (Å²) < 4.78 is 21.3. The summed E-state index contributed by atoms with van der Waals surface area (Å²) in [6.45, 7) is 4.02. The van der Waals surface area contributed by atoms with Crippen molar-refractivity contribution in [2.45, 2.75) is 6.54 Å². The second-order valence-corrected chi connectivity index (χ2v) is 4.47. The highest BCUT2D eigenvalue weighted by Crippen LogP contribution is 2.38. The lowest BCUT2D eigenvalue weighted by molar-refractivity contribution is 0.0105. The molecule has 1 heterocycles. The maximum absolute atomic E-state index is 5.34. The van der Waals surface area contributed by atoms with Gasteiger partial charge in [0.05, 0.1) is 34.5 Å². The molecule has 0 aromatic heterocycles. The van der Waals surface area contributed by atoms with Crippen LogP contribution < -0.4 is 19.6 Å². The van der Waals surface area contributed by atoms with Gasteiger partial charge in [-0.25, -0.2) is 5.01 Å². The highest BCUT2D eigenvalue weighted by atomic mass is 16.5. The first kappa shape index (κ1) is 14.9. The van der Waals surface area contributed by atoms with Crippen molar-refractivity contribution in [3.8, 4) is 17.2 Å². The van der Waals surface area contributed by atoms with E-state index in [9.17, 15) is 0 Å². The molecule has 0 spiro atoms. The summed E-state index contributed by atoms with van der Waals surface area (Å²) in [5.41, 5.74) is 4.45. The van der Waals surface area contributed by atoms with Crippen LogP contribution in [0.1, 0.15) is 5.56 Å². The number of hydrogen-bond donors (Lipinski definition) is 1. The van der Waals surface area contributed by atoms with Crippen LogP contribution >= 0.6 is 0 Å². The lowest BCUT2D eigenvalue weighted by Gasteiger charge is -2.27. The smallest absolute Gasteiger partial charge is 0.203 e. The molecule has 1 aromatic carbocycles. The van der Waals surface area contributed by atoms with Crippen molar-refractivity contribution in [1.29, 1.82) is 0 Å². The van der Waals surface area contributed by atoms with E-state index in [0.29, 0.717) is 23.8 Å². The van der Waals surface area contributed by atoms with Crippen molar-refractivity contribution < 1.29 is 18.9 Å². The molecule has 1 aromatic rings. The Kier molecular flexibility index (Phi) is 5.46. The Morgan fingerprint density at radius 1 is 1.05 bits per heavy atom. The first-order chi connectivity index (χ1) is 9.78. The van der Waals surface area contributed by atoms with Gasteiger partial charge in [0.15, 0.2) is 11.5 Å². The van der Waals surface area contributed by atoms with Gasteiger partial charge >= 0.3 is 0 Å². The third-order valence-corrected chi connectivity index (χ3v) is 3.24. The number of rotatable bonds is 6. The Morgan fingerprint density at radius 2 is 1.65 bits per heavy atom. The molecule has 1 aliphatic heterocycles. The topological polar surface area (TPSA) is 52.2 Å². The zero-order valence-corrected chi connectivity index (χ0v) is 12.3. The number of ether oxygens (including phenoxy) is 4. The summed E-state index contributed by atoms with van der Waals surface area (Å²) in [5, 5.41) is 2.16. The van der Waals surface area contributed by atoms with E-state index >= 15 is 0 Å². The minimum Gasteiger partial charge on any atom is -0.493 e. The Labute approximate surface area is 119 Å². The number of nitrogens with one attached hydrogen (secondary N) is 1. The van der Waals surface area contributed by atoms with Gasteiger partial charge in [0.25, 0.3) is 0 Å². The van der Waals surface area contributed by atoms with E-state index in [1.54, 1.807) is 21.3 Å². The SMILES string of the molecule is COc1cc(CNN2CCOCC2)cc(OC)c1OC. The predicted octanol–water partition coefficient (Wildman–Crippen LogP) is 1.05. The van der Waals surface area contributed by atoms with Crippen LogP contribution in [0.2, 0.25) is 0 Å². The Balaban J connectivity index is 2.06. The average molecular weight is 282 g/mol. The van der Waals surface area contributed by atoms with Gasteiger partial charge in [0, 0.05) is 19.6 Å². The third kappa shape index (κ3) is 3.53. The molecular formula is C14H22N2O4. The lowest BCUT2D eigenvalue weighted by atomic mass is 10.2. The Bertz CT molecular complexity index is 408. The van der Waals surface area contributed by atoms with Crippen molar-refractivity contribution in [3.05, 3.63) is 17.7 Å². The molecule has 6 heteroatoms. The van der Waals surface area contributed by atoms with Gasteiger partial charge in [-0.1, -0.05) is 0 Å². The second kappa shape index (κ2) is 7.33. The van der Waals surface area contributed by atoms with E-state index in [1.165, 1.54) is 0 Å². The molecule has 0 saturated carbocycles. The maximum Gasteiger partial charge on any atom is 0.203 e. The first-order valence-electron chi connectivity index (χ1n) is 6.63. The average Bonchev–Trinajstić information content (AvgIpc) is 2.52. The molecule has 112 valence electrons. The normalized spacial score (nSPS) is 15.9. The van der Waals surface area contributed by atoms with Gasteiger partial charge in [0.1, 0.15) is 0 Å². The van der Waals surface area contributed by atoms with Crippen molar-refractivity contribution in [1.82, 2.24) is 10.4 Å². The van der Waals surface area contributed by atoms with E-state index in [4.69, 9.17) is 18.9 Å². The number of morpholine rings is 1. The van der Waals surface area contributed by atoms with Gasteiger partial charge < -0.3 is 18.9 Å². The summed E-state index contributed by atoms with van der Waals surface area (Å²) in [4.78, 5) is 0. The number of nitrogens with zero attached hydrogens (tertiary/aromatic N) is 1. The zero-order chi connectivity index (χ0) is 14.4. The molecule has 0 aliphatic carbocycles. The number of methoxy groups -OCH3 is 3. The van der Waals surface area contributed by atoms with Crippen LogP contribution in [0.3, 0.4) is 0 Å². The van der Waals surface area contributed by atoms with E-state index in [2.05, 4.69) is 10.4 Å². The molecule has 0 unspecified atom stereocenters.